The Morgan fingerprint density at radius 2 is 1.77 bits per heavy atom. The molecular weight excluding hydrogens is 400 g/mol. The van der Waals surface area contributed by atoms with E-state index in [0.717, 1.165) is 34.9 Å². The van der Waals surface area contributed by atoms with Gasteiger partial charge >= 0.3 is 0 Å². The van der Waals surface area contributed by atoms with Crippen LogP contribution in [0, 0.1) is 13.8 Å². The highest BCUT2D eigenvalue weighted by molar-refractivity contribution is 7.98. The highest BCUT2D eigenvalue weighted by Crippen LogP contribution is 2.33. The molecule has 162 valence electrons. The van der Waals surface area contributed by atoms with Gasteiger partial charge in [0.1, 0.15) is 6.04 Å². The monoisotopic (exact) mass is 430 g/mol. The first-order chi connectivity index (χ1) is 14.4. The summed E-state index contributed by atoms with van der Waals surface area (Å²) in [5.41, 5.74) is 4.06. The maximum absolute atomic E-state index is 13.4. The van der Waals surface area contributed by atoms with Crippen LogP contribution in [0.1, 0.15) is 28.9 Å². The second kappa shape index (κ2) is 10.0. The fraction of sp³-hybridized carbons (Fsp3) is 0.500. The SMILES string of the molecule is COc1cc2c(cc1OC)CN(C(=O)C(CCSC)Nc1nc(C)cc(C)n1)CC2. The van der Waals surface area contributed by atoms with Gasteiger partial charge in [0, 0.05) is 24.5 Å². The van der Waals surface area contributed by atoms with Gasteiger partial charge < -0.3 is 19.7 Å². The first-order valence-corrected chi connectivity index (χ1v) is 11.4. The molecule has 7 nitrogen and oxygen atoms in total. The van der Waals surface area contributed by atoms with E-state index in [-0.39, 0.29) is 11.9 Å². The number of benzene rings is 1. The molecule has 30 heavy (non-hydrogen) atoms. The van der Waals surface area contributed by atoms with Crippen LogP contribution in [0.15, 0.2) is 18.2 Å². The van der Waals surface area contributed by atoms with Crippen LogP contribution in [0.3, 0.4) is 0 Å². The van der Waals surface area contributed by atoms with Crippen molar-refractivity contribution in [3.63, 3.8) is 0 Å². The van der Waals surface area contributed by atoms with E-state index in [1.807, 2.05) is 43.2 Å². The van der Waals surface area contributed by atoms with Gasteiger partial charge in [-0.25, -0.2) is 9.97 Å². The van der Waals surface area contributed by atoms with E-state index in [4.69, 9.17) is 9.47 Å². The summed E-state index contributed by atoms with van der Waals surface area (Å²) in [6.45, 7) is 5.09. The molecule has 1 atom stereocenters. The molecule has 0 saturated heterocycles. The van der Waals surface area contributed by atoms with Crippen molar-refractivity contribution in [2.75, 3.05) is 38.1 Å². The van der Waals surface area contributed by atoms with Gasteiger partial charge in [0.25, 0.3) is 0 Å². The van der Waals surface area contributed by atoms with Crippen molar-refractivity contribution < 1.29 is 14.3 Å². The van der Waals surface area contributed by atoms with Gasteiger partial charge in [0.15, 0.2) is 11.5 Å². The van der Waals surface area contributed by atoms with Gasteiger partial charge in [-0.05, 0) is 68.0 Å². The van der Waals surface area contributed by atoms with Gasteiger partial charge in [-0.2, -0.15) is 11.8 Å². The second-order valence-electron chi connectivity index (χ2n) is 7.44. The third-order valence-corrected chi connectivity index (χ3v) is 5.87. The molecule has 1 amide bonds. The van der Waals surface area contributed by atoms with Crippen LogP contribution < -0.4 is 14.8 Å². The predicted molar refractivity (Wildman–Crippen MR) is 121 cm³/mol. The third-order valence-electron chi connectivity index (χ3n) is 5.22. The number of ether oxygens (including phenoxy) is 2. The summed E-state index contributed by atoms with van der Waals surface area (Å²) < 4.78 is 10.9. The fourth-order valence-electron chi connectivity index (χ4n) is 3.73. The van der Waals surface area contributed by atoms with Crippen LogP contribution >= 0.6 is 11.8 Å². The van der Waals surface area contributed by atoms with Crippen molar-refractivity contribution >= 4 is 23.6 Å². The number of fused-ring (bicyclic) bond motifs is 1. The van der Waals surface area contributed by atoms with Crippen LogP contribution in [-0.2, 0) is 17.8 Å². The zero-order valence-electron chi connectivity index (χ0n) is 18.3. The van der Waals surface area contributed by atoms with Crippen LogP contribution in [-0.4, -0.2) is 59.6 Å². The molecule has 1 N–H and O–H groups in total. The maximum atomic E-state index is 13.4. The Morgan fingerprint density at radius 3 is 2.37 bits per heavy atom. The summed E-state index contributed by atoms with van der Waals surface area (Å²) in [6, 6.07) is 5.56. The van der Waals surface area contributed by atoms with Gasteiger partial charge in [-0.1, -0.05) is 0 Å². The Hall–Kier alpha value is -2.48. The Bertz CT molecular complexity index is 886. The summed E-state index contributed by atoms with van der Waals surface area (Å²) >= 11 is 1.73. The molecule has 1 aromatic heterocycles. The molecule has 0 aliphatic carbocycles. The number of nitrogens with zero attached hydrogens (tertiary/aromatic N) is 3. The predicted octanol–water partition coefficient (Wildman–Crippen LogP) is 3.23. The minimum Gasteiger partial charge on any atom is -0.493 e. The number of rotatable bonds is 8. The number of carbonyl (C=O) groups is 1. The molecule has 0 saturated carbocycles. The summed E-state index contributed by atoms with van der Waals surface area (Å²) in [6.07, 6.45) is 3.55. The van der Waals surface area contributed by atoms with Gasteiger partial charge in [0.05, 0.1) is 14.2 Å². The lowest BCUT2D eigenvalue weighted by atomic mass is 9.98. The molecule has 0 radical (unpaired) electrons. The number of hydrogen-bond donors (Lipinski definition) is 1. The molecule has 8 heteroatoms. The van der Waals surface area contributed by atoms with Crippen LogP contribution in [0.2, 0.25) is 0 Å². The lowest BCUT2D eigenvalue weighted by molar-refractivity contribution is -0.133. The quantitative estimate of drug-likeness (QED) is 0.689. The first-order valence-electron chi connectivity index (χ1n) is 10.1. The third kappa shape index (κ3) is 5.16. The number of hydrogen-bond acceptors (Lipinski definition) is 7. The molecule has 1 aliphatic rings. The summed E-state index contributed by atoms with van der Waals surface area (Å²) in [5.74, 6) is 2.88. The Balaban J connectivity index is 1.79. The maximum Gasteiger partial charge on any atom is 0.245 e. The Labute approximate surface area is 182 Å². The molecule has 2 heterocycles. The molecule has 0 fully saturated rings. The van der Waals surface area contributed by atoms with E-state index in [1.54, 1.807) is 26.0 Å². The van der Waals surface area contributed by atoms with Crippen molar-refractivity contribution in [3.05, 3.63) is 40.7 Å². The highest BCUT2D eigenvalue weighted by atomic mass is 32.2. The first kappa shape index (κ1) is 22.2. The minimum absolute atomic E-state index is 0.0762. The normalized spacial score (nSPS) is 14.1. The molecule has 0 spiro atoms. The second-order valence-corrected chi connectivity index (χ2v) is 8.42. The number of methoxy groups -OCH3 is 2. The average molecular weight is 431 g/mol. The molecule has 0 bridgehead atoms. The number of thioether (sulfide) groups is 1. The molecule has 2 aromatic rings. The number of carbonyl (C=O) groups excluding carboxylic acids is 1. The lowest BCUT2D eigenvalue weighted by Gasteiger charge is -2.32. The number of nitrogens with one attached hydrogen (secondary N) is 1. The van der Waals surface area contributed by atoms with Crippen molar-refractivity contribution in [1.82, 2.24) is 14.9 Å². The van der Waals surface area contributed by atoms with E-state index in [0.29, 0.717) is 31.2 Å². The van der Waals surface area contributed by atoms with Crippen molar-refractivity contribution in [2.24, 2.45) is 0 Å². The number of anilines is 1. The van der Waals surface area contributed by atoms with Crippen molar-refractivity contribution in [3.8, 4) is 11.5 Å². The van der Waals surface area contributed by atoms with Gasteiger partial charge in [-0.3, -0.25) is 4.79 Å². The van der Waals surface area contributed by atoms with Crippen LogP contribution in [0.25, 0.3) is 0 Å². The molecule has 3 rings (SSSR count). The summed E-state index contributed by atoms with van der Waals surface area (Å²) in [5, 5.41) is 3.29. The van der Waals surface area contributed by atoms with E-state index < -0.39 is 0 Å². The molecule has 1 aromatic carbocycles. The average Bonchev–Trinajstić information content (AvgIpc) is 2.73. The highest BCUT2D eigenvalue weighted by Gasteiger charge is 2.28. The minimum atomic E-state index is -0.361. The standard InChI is InChI=1S/C22H30N4O3S/c1-14-10-15(2)24-22(23-14)25-18(7-9-30-5)21(27)26-8-6-16-11-19(28-3)20(29-4)12-17(16)13-26/h10-12,18H,6-9,13H2,1-5H3,(H,23,24,25). The smallest absolute Gasteiger partial charge is 0.245 e. The lowest BCUT2D eigenvalue weighted by Crippen LogP contribution is -2.45. The summed E-state index contributed by atoms with van der Waals surface area (Å²) in [7, 11) is 3.27. The summed E-state index contributed by atoms with van der Waals surface area (Å²) in [4.78, 5) is 24.2. The largest absolute Gasteiger partial charge is 0.493 e. The number of aromatic nitrogens is 2. The zero-order chi connectivity index (χ0) is 21.7. The van der Waals surface area contributed by atoms with Crippen LogP contribution in [0.5, 0.6) is 11.5 Å². The van der Waals surface area contributed by atoms with E-state index in [1.165, 1.54) is 5.56 Å². The Kier molecular flexibility index (Phi) is 7.42. The van der Waals surface area contributed by atoms with E-state index in [2.05, 4.69) is 15.3 Å². The van der Waals surface area contributed by atoms with Crippen LogP contribution in [0.4, 0.5) is 5.95 Å². The van der Waals surface area contributed by atoms with Gasteiger partial charge in [-0.15, -0.1) is 0 Å². The fourth-order valence-corrected chi connectivity index (χ4v) is 4.20. The zero-order valence-corrected chi connectivity index (χ0v) is 19.1. The van der Waals surface area contributed by atoms with E-state index >= 15 is 0 Å². The number of amides is 1. The van der Waals surface area contributed by atoms with E-state index in [9.17, 15) is 4.79 Å². The molecular formula is C22H30N4O3S. The Morgan fingerprint density at radius 1 is 1.13 bits per heavy atom. The number of aryl methyl sites for hydroxylation is 2. The van der Waals surface area contributed by atoms with Gasteiger partial charge in [0.2, 0.25) is 11.9 Å². The topological polar surface area (TPSA) is 76.6 Å². The molecule has 1 unspecified atom stereocenters. The van der Waals surface area contributed by atoms with Crippen molar-refractivity contribution in [2.45, 2.75) is 39.3 Å². The van der Waals surface area contributed by atoms with Crippen molar-refractivity contribution in [1.29, 1.82) is 0 Å². The molecule has 1 aliphatic heterocycles.